The third kappa shape index (κ3) is 6.43. The molecular weight excluding hydrogens is 534 g/mol. The second-order valence-corrected chi connectivity index (χ2v) is 13.2. The predicted octanol–water partition coefficient (Wildman–Crippen LogP) is 4.66. The highest BCUT2D eigenvalue weighted by atomic mass is 32.2. The molecule has 2 bridgehead atoms. The van der Waals surface area contributed by atoms with Crippen molar-refractivity contribution in [3.8, 4) is 0 Å². The van der Waals surface area contributed by atoms with E-state index in [1.54, 1.807) is 23.9 Å². The Labute approximate surface area is 250 Å². The molecule has 3 aliphatic heterocycles. The fraction of sp³-hybridized carbons (Fsp3) is 0.606. The molecule has 0 saturated carbocycles. The van der Waals surface area contributed by atoms with Crippen molar-refractivity contribution in [2.24, 2.45) is 11.8 Å². The third-order valence-electron chi connectivity index (χ3n) is 8.95. The maximum atomic E-state index is 14.3. The van der Waals surface area contributed by atoms with Crippen LogP contribution in [0.3, 0.4) is 0 Å². The van der Waals surface area contributed by atoms with Crippen LogP contribution in [0.15, 0.2) is 55.6 Å². The smallest absolute Gasteiger partial charge is 0.247 e. The van der Waals surface area contributed by atoms with Gasteiger partial charge in [0.25, 0.3) is 0 Å². The van der Waals surface area contributed by atoms with Crippen LogP contribution in [0.25, 0.3) is 0 Å². The van der Waals surface area contributed by atoms with Crippen molar-refractivity contribution in [1.29, 1.82) is 0 Å². The van der Waals surface area contributed by atoms with Crippen LogP contribution < -0.4 is 0 Å². The molecule has 1 spiro atoms. The van der Waals surface area contributed by atoms with E-state index in [2.05, 4.69) is 20.1 Å². The summed E-state index contributed by atoms with van der Waals surface area (Å²) in [4.78, 5) is 48.5. The Hall–Kier alpha value is -2.58. The topological polar surface area (TPSA) is 81.2 Å². The van der Waals surface area contributed by atoms with E-state index in [1.807, 2.05) is 45.0 Å². The van der Waals surface area contributed by atoms with Crippen LogP contribution in [0.2, 0.25) is 0 Å². The van der Waals surface area contributed by atoms with Gasteiger partial charge in [0.05, 0.1) is 16.6 Å². The van der Waals surface area contributed by atoms with E-state index in [9.17, 15) is 19.5 Å². The molecule has 1 aromatic carbocycles. The Bertz CT molecular complexity index is 1080. The fourth-order valence-corrected chi connectivity index (χ4v) is 9.28. The zero-order valence-corrected chi connectivity index (χ0v) is 25.4. The summed E-state index contributed by atoms with van der Waals surface area (Å²) >= 11 is 1.74. The number of rotatable bonds is 17. The highest BCUT2D eigenvalue weighted by Gasteiger charge is 2.73. The first-order valence-electron chi connectivity index (χ1n) is 15.4. The van der Waals surface area contributed by atoms with E-state index in [-0.39, 0.29) is 29.6 Å². The molecule has 1 N–H and O–H groups in total. The minimum Gasteiger partial charge on any atom is -0.396 e. The number of likely N-dealkylation sites (tertiary alicyclic amines) is 1. The lowest BCUT2D eigenvalue weighted by molar-refractivity contribution is -0.145. The molecule has 3 amide bonds. The van der Waals surface area contributed by atoms with Gasteiger partial charge in [-0.05, 0) is 37.7 Å². The molecule has 1 aromatic rings. The summed E-state index contributed by atoms with van der Waals surface area (Å²) in [6.45, 7) is 12.5. The van der Waals surface area contributed by atoms with Gasteiger partial charge < -0.3 is 19.8 Å². The van der Waals surface area contributed by atoms with E-state index >= 15 is 0 Å². The molecule has 3 saturated heterocycles. The van der Waals surface area contributed by atoms with Gasteiger partial charge in [-0.15, -0.1) is 24.9 Å². The van der Waals surface area contributed by atoms with Gasteiger partial charge in [0.15, 0.2) is 0 Å². The quantitative estimate of drug-likeness (QED) is 0.214. The lowest BCUT2D eigenvalue weighted by Gasteiger charge is -2.37. The van der Waals surface area contributed by atoms with Crippen molar-refractivity contribution in [1.82, 2.24) is 14.7 Å². The lowest BCUT2D eigenvalue weighted by atomic mass is 9.70. The van der Waals surface area contributed by atoms with Crippen LogP contribution in [0.5, 0.6) is 0 Å². The van der Waals surface area contributed by atoms with E-state index < -0.39 is 22.6 Å². The SMILES string of the molecule is C=CCN(CCCC)C(=O)C1N(CCCCCCO)C(=O)[C@@H]2[C@H](C(=O)N(CC=C)Cc3ccccc3)[C@@H]3CCC12S3. The molecule has 7 nitrogen and oxygen atoms in total. The van der Waals surface area contributed by atoms with Crippen LogP contribution >= 0.6 is 11.8 Å². The zero-order chi connectivity index (χ0) is 29.4. The Morgan fingerprint density at radius 2 is 1.76 bits per heavy atom. The highest BCUT2D eigenvalue weighted by Crippen LogP contribution is 2.66. The molecule has 8 heteroatoms. The van der Waals surface area contributed by atoms with E-state index in [4.69, 9.17) is 0 Å². The Balaban J connectivity index is 1.65. The summed E-state index contributed by atoms with van der Waals surface area (Å²) in [7, 11) is 0. The molecular formula is C33H47N3O4S. The number of benzene rings is 1. The Kier molecular flexibility index (Phi) is 11.1. The Morgan fingerprint density at radius 3 is 2.44 bits per heavy atom. The molecule has 3 aliphatic rings. The lowest BCUT2D eigenvalue weighted by Crippen LogP contribution is -2.55. The summed E-state index contributed by atoms with van der Waals surface area (Å²) in [5.74, 6) is -0.979. The first kappa shape index (κ1) is 31.4. The van der Waals surface area contributed by atoms with Gasteiger partial charge >= 0.3 is 0 Å². The number of aliphatic hydroxyl groups is 1. The number of hydrogen-bond donors (Lipinski definition) is 1. The van der Waals surface area contributed by atoms with Crippen LogP contribution in [-0.4, -0.2) is 86.4 Å². The van der Waals surface area contributed by atoms with Crippen molar-refractivity contribution in [3.63, 3.8) is 0 Å². The van der Waals surface area contributed by atoms with Gasteiger partial charge in [-0.25, -0.2) is 0 Å². The molecule has 2 unspecified atom stereocenters. The summed E-state index contributed by atoms with van der Waals surface area (Å²) in [6, 6.07) is 9.36. The van der Waals surface area contributed by atoms with Gasteiger partial charge in [0, 0.05) is 44.6 Å². The maximum Gasteiger partial charge on any atom is 0.247 e. The summed E-state index contributed by atoms with van der Waals surface area (Å²) in [5, 5.41) is 9.22. The van der Waals surface area contributed by atoms with Crippen molar-refractivity contribution < 1.29 is 19.5 Å². The van der Waals surface area contributed by atoms with Gasteiger partial charge in [-0.2, -0.15) is 0 Å². The van der Waals surface area contributed by atoms with Crippen LogP contribution in [0.1, 0.15) is 63.9 Å². The van der Waals surface area contributed by atoms with Gasteiger partial charge in [-0.1, -0.05) is 68.7 Å². The average Bonchev–Trinajstić information content (AvgIpc) is 3.62. The third-order valence-corrected chi connectivity index (χ3v) is 10.9. The van der Waals surface area contributed by atoms with Gasteiger partial charge in [-0.3, -0.25) is 14.4 Å². The highest BCUT2D eigenvalue weighted by molar-refractivity contribution is 8.02. The van der Waals surface area contributed by atoms with Gasteiger partial charge in [0.2, 0.25) is 17.7 Å². The zero-order valence-electron chi connectivity index (χ0n) is 24.6. The number of nitrogens with zero attached hydrogens (tertiary/aromatic N) is 3. The molecule has 0 aliphatic carbocycles. The molecule has 0 radical (unpaired) electrons. The molecule has 4 rings (SSSR count). The molecule has 41 heavy (non-hydrogen) atoms. The maximum absolute atomic E-state index is 14.3. The van der Waals surface area contributed by atoms with Crippen molar-refractivity contribution in [2.75, 3.05) is 32.8 Å². The first-order chi connectivity index (χ1) is 19.9. The minimum absolute atomic E-state index is 0.00181. The van der Waals surface area contributed by atoms with E-state index in [0.717, 1.165) is 56.9 Å². The molecule has 3 heterocycles. The van der Waals surface area contributed by atoms with E-state index in [0.29, 0.717) is 32.7 Å². The molecule has 3 fully saturated rings. The number of thioether (sulfide) groups is 1. The number of carbonyl (C=O) groups is 3. The first-order valence-corrected chi connectivity index (χ1v) is 16.2. The second kappa shape index (κ2) is 14.5. The summed E-state index contributed by atoms with van der Waals surface area (Å²) < 4.78 is -0.581. The summed E-state index contributed by atoms with van der Waals surface area (Å²) in [5.41, 5.74) is 1.04. The average molecular weight is 582 g/mol. The minimum atomic E-state index is -0.581. The number of hydrogen-bond acceptors (Lipinski definition) is 5. The number of unbranched alkanes of at least 4 members (excludes halogenated alkanes) is 4. The normalized spacial score (nSPS) is 26.2. The standard InChI is InChI=1S/C33H47N3O4S/c1-4-7-21-34(19-5-2)32(40)29-33-18-17-26(41-33)27(28(33)31(39)36(29)22-13-8-9-14-23-37)30(38)35(20-6-3)24-25-15-11-10-12-16-25/h5-6,10-12,15-16,26-29,37H,2-4,7-9,13-14,17-24H2,1H3/t26-,27+,28-,29?,33?/m0/s1. The number of aliphatic hydroxyl groups excluding tert-OH is 1. The predicted molar refractivity (Wildman–Crippen MR) is 165 cm³/mol. The largest absolute Gasteiger partial charge is 0.396 e. The number of amides is 3. The van der Waals surface area contributed by atoms with E-state index in [1.165, 1.54) is 0 Å². The summed E-state index contributed by atoms with van der Waals surface area (Å²) in [6.07, 6.45) is 10.3. The molecule has 224 valence electrons. The number of fused-ring (bicyclic) bond motifs is 1. The Morgan fingerprint density at radius 1 is 1.05 bits per heavy atom. The second-order valence-electron chi connectivity index (χ2n) is 11.6. The molecule has 5 atom stereocenters. The van der Waals surface area contributed by atoms with Crippen molar-refractivity contribution >= 4 is 29.5 Å². The van der Waals surface area contributed by atoms with Gasteiger partial charge in [0.1, 0.15) is 6.04 Å². The fourth-order valence-electron chi connectivity index (χ4n) is 7.07. The number of carbonyl (C=O) groups excluding carboxylic acids is 3. The molecule has 0 aromatic heterocycles. The van der Waals surface area contributed by atoms with Crippen LogP contribution in [-0.2, 0) is 20.9 Å². The monoisotopic (exact) mass is 581 g/mol. The van der Waals surface area contributed by atoms with Crippen molar-refractivity contribution in [2.45, 2.75) is 80.9 Å². The van der Waals surface area contributed by atoms with Crippen LogP contribution in [0.4, 0.5) is 0 Å². The van der Waals surface area contributed by atoms with Crippen molar-refractivity contribution in [3.05, 3.63) is 61.2 Å². The van der Waals surface area contributed by atoms with Crippen LogP contribution in [0, 0.1) is 11.8 Å².